The van der Waals surface area contributed by atoms with Crippen LogP contribution in [-0.4, -0.2) is 14.7 Å². The lowest BCUT2D eigenvalue weighted by Crippen LogP contribution is -2.42. The highest BCUT2D eigenvalue weighted by molar-refractivity contribution is 6.12. The summed E-state index contributed by atoms with van der Waals surface area (Å²) >= 11 is 0. The first-order valence-corrected chi connectivity index (χ1v) is 22.5. The molecule has 12 rings (SSSR count). The lowest BCUT2D eigenvalue weighted by molar-refractivity contribution is 0.571. The maximum atomic E-state index is 2.51. The van der Waals surface area contributed by atoms with Gasteiger partial charge in [0.25, 0.3) is 0 Å². The molecule has 1 unspecified atom stereocenters. The lowest BCUT2D eigenvalue weighted by atomic mass is 9.85. The Balaban J connectivity index is 0.886. The Labute approximate surface area is 379 Å². The van der Waals surface area contributed by atoms with Gasteiger partial charge in [-0.3, -0.25) is 0 Å². The fourth-order valence-corrected chi connectivity index (χ4v) is 10.2. The summed E-state index contributed by atoms with van der Waals surface area (Å²) in [6, 6.07) is 83.3. The van der Waals surface area contributed by atoms with Crippen molar-refractivity contribution in [1.29, 1.82) is 0 Å². The molecule has 1 aliphatic rings. The Morgan fingerprint density at radius 3 is 1.35 bits per heavy atom. The Morgan fingerprint density at radius 2 is 0.815 bits per heavy atom. The summed E-state index contributed by atoms with van der Waals surface area (Å²) in [6.45, 7) is 2.36. The van der Waals surface area contributed by atoms with Crippen LogP contribution in [-0.2, 0) is 0 Å². The second kappa shape index (κ2) is 15.8. The minimum Gasteiger partial charge on any atom is -0.332 e. The summed E-state index contributed by atoms with van der Waals surface area (Å²) < 4.78 is 4.75. The maximum absolute atomic E-state index is 2.51. The molecule has 0 N–H and O–H groups in total. The molecular formula is C61H46N4. The Kier molecular flexibility index (Phi) is 9.31. The second-order valence-electron chi connectivity index (χ2n) is 17.2. The van der Waals surface area contributed by atoms with Crippen LogP contribution in [0.15, 0.2) is 249 Å². The van der Waals surface area contributed by atoms with Crippen LogP contribution in [0.5, 0.6) is 0 Å². The van der Waals surface area contributed by atoms with Crippen LogP contribution in [0.1, 0.15) is 18.9 Å². The van der Waals surface area contributed by atoms with E-state index in [-0.39, 0.29) is 5.54 Å². The van der Waals surface area contributed by atoms with Gasteiger partial charge in [0.15, 0.2) is 0 Å². The molecule has 0 fully saturated rings. The number of hydrogen-bond donors (Lipinski definition) is 0. The molecule has 0 amide bonds. The molecule has 4 heteroatoms. The quantitative estimate of drug-likeness (QED) is 0.144. The highest BCUT2D eigenvalue weighted by Gasteiger charge is 2.33. The number of hydrogen-bond acceptors (Lipinski definition) is 2. The molecular weight excluding hydrogens is 789 g/mol. The third kappa shape index (κ3) is 6.61. The highest BCUT2D eigenvalue weighted by atomic mass is 15.2. The van der Waals surface area contributed by atoms with Crippen LogP contribution in [0.4, 0.5) is 28.4 Å². The molecule has 0 bridgehead atoms. The van der Waals surface area contributed by atoms with Crippen molar-refractivity contribution in [1.82, 2.24) is 9.13 Å². The van der Waals surface area contributed by atoms with E-state index in [2.05, 4.69) is 275 Å². The first-order chi connectivity index (χ1) is 32.1. The van der Waals surface area contributed by atoms with E-state index in [0.717, 1.165) is 46.2 Å². The summed E-state index contributed by atoms with van der Waals surface area (Å²) in [5.74, 6) is 0. The van der Waals surface area contributed by atoms with Crippen molar-refractivity contribution in [3.63, 3.8) is 0 Å². The van der Waals surface area contributed by atoms with Crippen LogP contribution < -0.4 is 9.80 Å². The molecule has 1 aliphatic carbocycles. The summed E-state index contributed by atoms with van der Waals surface area (Å²) in [6.07, 6.45) is 7.97. The smallest absolute Gasteiger partial charge is 0.0643 e. The van der Waals surface area contributed by atoms with Gasteiger partial charge in [-0.15, -0.1) is 0 Å². The molecule has 0 saturated heterocycles. The third-order valence-electron chi connectivity index (χ3n) is 13.2. The van der Waals surface area contributed by atoms with E-state index in [1.54, 1.807) is 0 Å². The predicted octanol–water partition coefficient (Wildman–Crippen LogP) is 16.3. The van der Waals surface area contributed by atoms with Crippen LogP contribution in [0, 0.1) is 0 Å². The molecule has 65 heavy (non-hydrogen) atoms. The molecule has 9 aromatic carbocycles. The predicted molar refractivity (Wildman–Crippen MR) is 275 cm³/mol. The van der Waals surface area contributed by atoms with Crippen molar-refractivity contribution < 1.29 is 0 Å². The number of anilines is 5. The zero-order chi connectivity index (χ0) is 43.3. The molecule has 2 aromatic heterocycles. The molecule has 0 saturated carbocycles. The van der Waals surface area contributed by atoms with E-state index in [9.17, 15) is 0 Å². The number of para-hydroxylation sites is 6. The SMILES string of the molecule is CC1(N(c2ccccc2)c2ccc3c(c2)c2ccccc2n3-c2ccccc2)C=CC(c2ccc(N(c3ccccc3)c3ccc4c(c3)c3ccccc3n4-c3ccccc3)cc2)=CC1. The molecule has 1 atom stereocenters. The molecule has 0 aliphatic heterocycles. The fraction of sp³-hybridized carbons (Fsp3) is 0.0492. The number of aromatic nitrogens is 2. The Hall–Kier alpha value is -8.34. The van der Waals surface area contributed by atoms with Crippen molar-refractivity contribution in [3.05, 3.63) is 254 Å². The average Bonchev–Trinajstić information content (AvgIpc) is 3.88. The van der Waals surface area contributed by atoms with E-state index in [1.807, 2.05) is 0 Å². The van der Waals surface area contributed by atoms with E-state index in [4.69, 9.17) is 0 Å². The minimum atomic E-state index is -0.317. The van der Waals surface area contributed by atoms with Gasteiger partial charge >= 0.3 is 0 Å². The molecule has 11 aromatic rings. The fourth-order valence-electron chi connectivity index (χ4n) is 10.2. The monoisotopic (exact) mass is 834 g/mol. The van der Waals surface area contributed by atoms with Gasteiger partial charge in [-0.1, -0.05) is 140 Å². The van der Waals surface area contributed by atoms with Gasteiger partial charge in [0.1, 0.15) is 0 Å². The minimum absolute atomic E-state index is 0.317. The van der Waals surface area contributed by atoms with E-state index in [1.165, 1.54) is 54.7 Å². The third-order valence-corrected chi connectivity index (χ3v) is 13.2. The Morgan fingerprint density at radius 1 is 0.385 bits per heavy atom. The van der Waals surface area contributed by atoms with Gasteiger partial charge in [-0.05, 0) is 134 Å². The van der Waals surface area contributed by atoms with Crippen LogP contribution in [0.3, 0.4) is 0 Å². The molecule has 0 spiro atoms. The number of fused-ring (bicyclic) bond motifs is 6. The van der Waals surface area contributed by atoms with Crippen molar-refractivity contribution >= 4 is 77.6 Å². The number of allylic oxidation sites excluding steroid dienone is 2. The molecule has 2 heterocycles. The summed E-state index contributed by atoms with van der Waals surface area (Å²) in [5.41, 5.74) is 14.9. The van der Waals surface area contributed by atoms with Gasteiger partial charge in [-0.25, -0.2) is 0 Å². The number of rotatable bonds is 9. The van der Waals surface area contributed by atoms with E-state index < -0.39 is 0 Å². The second-order valence-corrected chi connectivity index (χ2v) is 17.2. The van der Waals surface area contributed by atoms with Crippen molar-refractivity contribution in [3.8, 4) is 11.4 Å². The topological polar surface area (TPSA) is 16.3 Å². The van der Waals surface area contributed by atoms with Gasteiger partial charge in [0, 0.05) is 61.4 Å². The van der Waals surface area contributed by atoms with Crippen LogP contribution in [0.25, 0.3) is 60.6 Å². The molecule has 0 radical (unpaired) electrons. The van der Waals surface area contributed by atoms with Gasteiger partial charge < -0.3 is 18.9 Å². The van der Waals surface area contributed by atoms with Crippen molar-refractivity contribution in [2.24, 2.45) is 0 Å². The zero-order valence-electron chi connectivity index (χ0n) is 36.2. The normalized spacial score (nSPS) is 14.9. The maximum Gasteiger partial charge on any atom is 0.0643 e. The molecule has 310 valence electrons. The first-order valence-electron chi connectivity index (χ1n) is 22.5. The molecule has 4 nitrogen and oxygen atoms in total. The largest absolute Gasteiger partial charge is 0.332 e. The van der Waals surface area contributed by atoms with Gasteiger partial charge in [0.05, 0.1) is 27.6 Å². The summed E-state index contributed by atoms with van der Waals surface area (Å²) in [5, 5.41) is 4.95. The standard InChI is InChI=1S/C61H46N4/c1-61(65(50-24-12-5-13-25-50)52-35-37-60-56(43-52)54-27-15-17-29-58(54)64(60)48-22-10-4-11-23-48)40-38-45(39-41-61)44-30-32-49(33-31-44)62(46-18-6-2-7-19-46)51-34-36-59-55(42-51)53-26-14-16-28-57(53)63(59)47-20-8-3-9-21-47/h2-40,42-43H,41H2,1H3. The first kappa shape index (κ1) is 38.3. The van der Waals surface area contributed by atoms with Gasteiger partial charge in [0.2, 0.25) is 0 Å². The lowest BCUT2D eigenvalue weighted by Gasteiger charge is -2.42. The highest BCUT2D eigenvalue weighted by Crippen LogP contribution is 2.44. The average molecular weight is 835 g/mol. The summed E-state index contributed by atoms with van der Waals surface area (Å²) in [4.78, 5) is 4.88. The van der Waals surface area contributed by atoms with Crippen molar-refractivity contribution in [2.45, 2.75) is 18.9 Å². The number of benzene rings is 9. The van der Waals surface area contributed by atoms with E-state index >= 15 is 0 Å². The van der Waals surface area contributed by atoms with Crippen LogP contribution in [0.2, 0.25) is 0 Å². The zero-order valence-corrected chi connectivity index (χ0v) is 36.2. The van der Waals surface area contributed by atoms with Crippen molar-refractivity contribution in [2.75, 3.05) is 9.80 Å². The number of nitrogens with zero attached hydrogens (tertiary/aromatic N) is 4. The van der Waals surface area contributed by atoms with E-state index in [0.29, 0.717) is 0 Å². The van der Waals surface area contributed by atoms with Crippen LogP contribution >= 0.6 is 0 Å². The van der Waals surface area contributed by atoms with Gasteiger partial charge in [-0.2, -0.15) is 0 Å². The Bertz CT molecular complexity index is 3570. The summed E-state index contributed by atoms with van der Waals surface area (Å²) in [7, 11) is 0.